The van der Waals surface area contributed by atoms with Gasteiger partial charge in [-0.1, -0.05) is 12.1 Å². The molecule has 0 bridgehead atoms. The van der Waals surface area contributed by atoms with Gasteiger partial charge in [0.1, 0.15) is 0 Å². The molecule has 5 heteroatoms. The predicted molar refractivity (Wildman–Crippen MR) is 85.1 cm³/mol. The first kappa shape index (κ1) is 14.4. The highest BCUT2D eigenvalue weighted by atomic mass is 16.2. The Hall–Kier alpha value is -1.59. The molecule has 1 aromatic rings. The molecule has 114 valence electrons. The van der Waals surface area contributed by atoms with E-state index in [1.165, 1.54) is 32.4 Å². The average Bonchev–Trinajstić information content (AvgIpc) is 3.12. The number of nitrogens with zero attached hydrogens (tertiary/aromatic N) is 2. The largest absolute Gasteiger partial charge is 0.397 e. The van der Waals surface area contributed by atoms with Crippen molar-refractivity contribution < 1.29 is 4.79 Å². The summed E-state index contributed by atoms with van der Waals surface area (Å²) in [5.74, 6) is 0.0231. The number of anilines is 2. The van der Waals surface area contributed by atoms with Gasteiger partial charge in [-0.05, 0) is 44.5 Å². The fraction of sp³-hybridized carbons (Fsp3) is 0.562. The van der Waals surface area contributed by atoms with E-state index in [2.05, 4.69) is 15.1 Å². The molecular weight excluding hydrogens is 264 g/mol. The lowest BCUT2D eigenvalue weighted by Crippen LogP contribution is -2.37. The molecule has 0 saturated carbocycles. The Labute approximate surface area is 126 Å². The van der Waals surface area contributed by atoms with Crippen molar-refractivity contribution in [1.82, 2.24) is 9.80 Å². The zero-order valence-electron chi connectivity index (χ0n) is 12.4. The first-order valence-electron chi connectivity index (χ1n) is 7.83. The Morgan fingerprint density at radius 2 is 2.00 bits per heavy atom. The summed E-state index contributed by atoms with van der Waals surface area (Å²) in [6, 6.07) is 8.03. The van der Waals surface area contributed by atoms with E-state index in [4.69, 9.17) is 5.73 Å². The summed E-state index contributed by atoms with van der Waals surface area (Å²) in [7, 11) is 0. The van der Waals surface area contributed by atoms with Crippen LogP contribution in [0.1, 0.15) is 19.3 Å². The van der Waals surface area contributed by atoms with Crippen LogP contribution >= 0.6 is 0 Å². The SMILES string of the molecule is Nc1ccccc1NC(=O)CN1CCC(N2CCCC2)C1. The number of hydrogen-bond donors (Lipinski definition) is 2. The van der Waals surface area contributed by atoms with Crippen LogP contribution in [0.2, 0.25) is 0 Å². The van der Waals surface area contributed by atoms with Gasteiger partial charge in [0.05, 0.1) is 17.9 Å². The number of carbonyl (C=O) groups is 1. The second-order valence-electron chi connectivity index (χ2n) is 6.06. The number of likely N-dealkylation sites (tertiary alicyclic amines) is 2. The zero-order chi connectivity index (χ0) is 14.7. The molecule has 1 unspecified atom stereocenters. The van der Waals surface area contributed by atoms with Crippen LogP contribution in [0.4, 0.5) is 11.4 Å². The Morgan fingerprint density at radius 1 is 1.24 bits per heavy atom. The number of nitrogen functional groups attached to an aromatic ring is 1. The maximum Gasteiger partial charge on any atom is 0.238 e. The van der Waals surface area contributed by atoms with E-state index in [-0.39, 0.29) is 5.91 Å². The summed E-state index contributed by atoms with van der Waals surface area (Å²) >= 11 is 0. The lowest BCUT2D eigenvalue weighted by molar-refractivity contribution is -0.117. The minimum absolute atomic E-state index is 0.0231. The van der Waals surface area contributed by atoms with Gasteiger partial charge in [-0.3, -0.25) is 14.6 Å². The van der Waals surface area contributed by atoms with E-state index < -0.39 is 0 Å². The van der Waals surface area contributed by atoms with E-state index in [0.717, 1.165) is 13.1 Å². The average molecular weight is 288 g/mol. The number of nitrogens with two attached hydrogens (primary N) is 1. The molecular formula is C16H24N4O. The molecule has 3 rings (SSSR count). The van der Waals surface area contributed by atoms with E-state index in [1.807, 2.05) is 18.2 Å². The van der Waals surface area contributed by atoms with Gasteiger partial charge >= 0.3 is 0 Å². The predicted octanol–water partition coefficient (Wildman–Crippen LogP) is 1.38. The van der Waals surface area contributed by atoms with Crippen LogP contribution in [0, 0.1) is 0 Å². The van der Waals surface area contributed by atoms with Crippen LogP contribution in [-0.2, 0) is 4.79 Å². The third-order valence-electron chi connectivity index (χ3n) is 4.51. The third kappa shape index (κ3) is 3.54. The van der Waals surface area contributed by atoms with Gasteiger partial charge in [-0.15, -0.1) is 0 Å². The quantitative estimate of drug-likeness (QED) is 0.822. The summed E-state index contributed by atoms with van der Waals surface area (Å²) in [6.07, 6.45) is 3.83. The van der Waals surface area contributed by atoms with Gasteiger partial charge in [0.15, 0.2) is 0 Å². The fourth-order valence-corrected chi connectivity index (χ4v) is 3.36. The Kier molecular flexibility index (Phi) is 4.41. The van der Waals surface area contributed by atoms with Crippen LogP contribution in [0.5, 0.6) is 0 Å². The molecule has 21 heavy (non-hydrogen) atoms. The molecule has 1 atom stereocenters. The summed E-state index contributed by atoms with van der Waals surface area (Å²) in [5, 5.41) is 2.90. The number of carbonyl (C=O) groups excluding carboxylic acids is 1. The molecule has 1 amide bonds. The highest BCUT2D eigenvalue weighted by molar-refractivity contribution is 5.95. The lowest BCUT2D eigenvalue weighted by Gasteiger charge is -2.23. The maximum absolute atomic E-state index is 12.1. The second-order valence-corrected chi connectivity index (χ2v) is 6.06. The number of amides is 1. The zero-order valence-corrected chi connectivity index (χ0v) is 12.4. The van der Waals surface area contributed by atoms with Gasteiger partial charge in [0, 0.05) is 19.1 Å². The fourth-order valence-electron chi connectivity index (χ4n) is 3.36. The van der Waals surface area contributed by atoms with Crippen molar-refractivity contribution in [2.75, 3.05) is 43.8 Å². The number of benzene rings is 1. The molecule has 2 saturated heterocycles. The molecule has 3 N–H and O–H groups in total. The summed E-state index contributed by atoms with van der Waals surface area (Å²) in [4.78, 5) is 17.0. The van der Waals surface area contributed by atoms with Crippen molar-refractivity contribution in [2.45, 2.75) is 25.3 Å². The van der Waals surface area contributed by atoms with Gasteiger partial charge in [-0.25, -0.2) is 0 Å². The van der Waals surface area contributed by atoms with E-state index in [0.29, 0.717) is 24.0 Å². The molecule has 2 aliphatic heterocycles. The maximum atomic E-state index is 12.1. The molecule has 2 aliphatic rings. The number of para-hydroxylation sites is 2. The third-order valence-corrected chi connectivity index (χ3v) is 4.51. The van der Waals surface area contributed by atoms with Gasteiger partial charge in [0.25, 0.3) is 0 Å². The van der Waals surface area contributed by atoms with Crippen molar-refractivity contribution >= 4 is 17.3 Å². The van der Waals surface area contributed by atoms with Crippen LogP contribution in [0.25, 0.3) is 0 Å². The van der Waals surface area contributed by atoms with Crippen molar-refractivity contribution in [3.63, 3.8) is 0 Å². The Balaban J connectivity index is 1.48. The number of hydrogen-bond acceptors (Lipinski definition) is 4. The summed E-state index contributed by atoms with van der Waals surface area (Å²) in [6.45, 7) is 4.94. The highest BCUT2D eigenvalue weighted by Crippen LogP contribution is 2.21. The van der Waals surface area contributed by atoms with E-state index in [1.54, 1.807) is 6.07 Å². The Morgan fingerprint density at radius 3 is 2.76 bits per heavy atom. The summed E-state index contributed by atoms with van der Waals surface area (Å²) in [5.41, 5.74) is 7.17. The van der Waals surface area contributed by atoms with Crippen LogP contribution in [-0.4, -0.2) is 54.5 Å². The van der Waals surface area contributed by atoms with Crippen LogP contribution in [0.15, 0.2) is 24.3 Å². The number of rotatable bonds is 4. The molecule has 0 aromatic heterocycles. The Bertz CT molecular complexity index is 499. The van der Waals surface area contributed by atoms with Crippen molar-refractivity contribution in [3.8, 4) is 0 Å². The van der Waals surface area contributed by atoms with E-state index >= 15 is 0 Å². The molecule has 0 radical (unpaired) electrons. The molecule has 2 heterocycles. The second kappa shape index (κ2) is 6.45. The van der Waals surface area contributed by atoms with Crippen molar-refractivity contribution in [2.24, 2.45) is 0 Å². The molecule has 2 fully saturated rings. The van der Waals surface area contributed by atoms with E-state index in [9.17, 15) is 4.79 Å². The molecule has 5 nitrogen and oxygen atoms in total. The smallest absolute Gasteiger partial charge is 0.238 e. The molecule has 0 aliphatic carbocycles. The molecule has 0 spiro atoms. The monoisotopic (exact) mass is 288 g/mol. The number of nitrogens with one attached hydrogen (secondary N) is 1. The van der Waals surface area contributed by atoms with Gasteiger partial charge < -0.3 is 11.1 Å². The van der Waals surface area contributed by atoms with Gasteiger partial charge in [0.2, 0.25) is 5.91 Å². The topological polar surface area (TPSA) is 61.6 Å². The normalized spacial score (nSPS) is 23.5. The minimum atomic E-state index is 0.0231. The first-order valence-corrected chi connectivity index (χ1v) is 7.83. The highest BCUT2D eigenvalue weighted by Gasteiger charge is 2.29. The van der Waals surface area contributed by atoms with Crippen molar-refractivity contribution in [1.29, 1.82) is 0 Å². The van der Waals surface area contributed by atoms with Crippen LogP contribution < -0.4 is 11.1 Å². The van der Waals surface area contributed by atoms with Gasteiger partial charge in [-0.2, -0.15) is 0 Å². The molecule has 1 aromatic carbocycles. The first-order chi connectivity index (χ1) is 10.2. The summed E-state index contributed by atoms with van der Waals surface area (Å²) < 4.78 is 0. The minimum Gasteiger partial charge on any atom is -0.397 e. The lowest BCUT2D eigenvalue weighted by atomic mass is 10.2. The standard InChI is InChI=1S/C16H24N4O/c17-14-5-1-2-6-15(14)18-16(21)12-19-10-7-13(11-19)20-8-3-4-9-20/h1-2,5-6,13H,3-4,7-12,17H2,(H,18,21). The van der Waals surface area contributed by atoms with Crippen molar-refractivity contribution in [3.05, 3.63) is 24.3 Å². The van der Waals surface area contributed by atoms with Crippen LogP contribution in [0.3, 0.4) is 0 Å².